The Bertz CT molecular complexity index is 2110. The number of hydrogen-bond acceptors (Lipinski definition) is 2. The zero-order valence-electron chi connectivity index (χ0n) is 26.2. The molecule has 2 atom stereocenters. The van der Waals surface area contributed by atoms with Crippen molar-refractivity contribution in [2.24, 2.45) is 0 Å². The number of rotatable bonds is 6. The summed E-state index contributed by atoms with van der Waals surface area (Å²) in [6.45, 7) is 0. The molecule has 3 nitrogen and oxygen atoms in total. The van der Waals surface area contributed by atoms with Gasteiger partial charge in [-0.3, -0.25) is 0 Å². The van der Waals surface area contributed by atoms with Crippen LogP contribution in [-0.4, -0.2) is 4.98 Å². The highest BCUT2D eigenvalue weighted by Gasteiger charge is 2.49. The molecule has 9 rings (SSSR count). The summed E-state index contributed by atoms with van der Waals surface area (Å²) in [5.74, 6) is 0. The molecule has 0 amide bonds. The summed E-state index contributed by atoms with van der Waals surface area (Å²) < 4.78 is 32.0. The van der Waals surface area contributed by atoms with E-state index in [1.165, 1.54) is 22.3 Å². The highest BCUT2D eigenvalue weighted by Crippen LogP contribution is 2.77. The normalized spacial score (nSPS) is 23.7. The molecule has 5 heteroatoms. The summed E-state index contributed by atoms with van der Waals surface area (Å²) in [6, 6.07) is 45.0. The highest BCUT2D eigenvalue weighted by molar-refractivity contribution is 7.91. The molecule has 230 valence electrons. The Morgan fingerprint density at radius 1 is 0.383 bits per heavy atom. The quantitative estimate of drug-likeness (QED) is 0.187. The number of benzene rings is 4. The molecule has 0 bridgehead atoms. The van der Waals surface area contributed by atoms with Gasteiger partial charge in [-0.1, -0.05) is 121 Å². The third-order valence-corrected chi connectivity index (χ3v) is 17.0. The van der Waals surface area contributed by atoms with Crippen LogP contribution in [0.5, 0.6) is 0 Å². The van der Waals surface area contributed by atoms with Crippen LogP contribution in [0.15, 0.2) is 156 Å². The molecule has 0 radical (unpaired) electrons. The standard InChI is InChI=1S/C42H35NO2P2/c44-46(31-19-9-3-10-20-31)39(29-15-5-1-6-16-29)33-23-13-25-35(33)41(46)37-27-28-38(43-37)42-36-26-14-24-34(36)40(30-17-7-2-8-18-30)47(42,45)32-21-11-4-12-22-32/h1-12,15-22,27-28,43H,13-14,23-26H2. The minimum Gasteiger partial charge on any atom is -0.354 e. The van der Waals surface area contributed by atoms with Crippen molar-refractivity contribution >= 4 is 46.1 Å². The van der Waals surface area contributed by atoms with Gasteiger partial charge in [0.15, 0.2) is 14.3 Å². The van der Waals surface area contributed by atoms with E-state index < -0.39 is 14.3 Å². The van der Waals surface area contributed by atoms with E-state index in [2.05, 4.69) is 41.4 Å². The van der Waals surface area contributed by atoms with Crippen molar-refractivity contribution in [3.8, 4) is 0 Å². The number of hydrogen-bond donors (Lipinski definition) is 1. The van der Waals surface area contributed by atoms with E-state index in [0.29, 0.717) is 0 Å². The van der Waals surface area contributed by atoms with Crippen LogP contribution < -0.4 is 10.6 Å². The van der Waals surface area contributed by atoms with Crippen molar-refractivity contribution in [3.63, 3.8) is 0 Å². The molecule has 4 aromatic carbocycles. The average molecular weight is 648 g/mol. The predicted octanol–water partition coefficient (Wildman–Crippen LogP) is 11.0. The molecule has 2 aliphatic heterocycles. The van der Waals surface area contributed by atoms with E-state index >= 15 is 9.13 Å². The van der Waals surface area contributed by atoms with Gasteiger partial charge in [0, 0.05) is 31.9 Å². The van der Waals surface area contributed by atoms with Crippen LogP contribution in [0.2, 0.25) is 0 Å². The van der Waals surface area contributed by atoms with Crippen LogP contribution in [0.25, 0.3) is 21.3 Å². The third-order valence-electron chi connectivity index (χ3n) is 10.4. The minimum atomic E-state index is -3.22. The predicted molar refractivity (Wildman–Crippen MR) is 196 cm³/mol. The fourth-order valence-electron chi connectivity index (χ4n) is 8.55. The van der Waals surface area contributed by atoms with E-state index in [-0.39, 0.29) is 0 Å². The second-order valence-corrected chi connectivity index (χ2v) is 18.2. The summed E-state index contributed by atoms with van der Waals surface area (Å²) in [7, 11) is -6.44. The minimum absolute atomic E-state index is 0.864. The maximum Gasteiger partial charge on any atom is 0.174 e. The van der Waals surface area contributed by atoms with Gasteiger partial charge in [-0.25, -0.2) is 0 Å². The van der Waals surface area contributed by atoms with Crippen LogP contribution in [0.1, 0.15) is 61.0 Å². The van der Waals surface area contributed by atoms with E-state index in [4.69, 9.17) is 0 Å². The summed E-state index contributed by atoms with van der Waals surface area (Å²) in [5, 5.41) is 5.58. The molecule has 4 aliphatic rings. The highest BCUT2D eigenvalue weighted by atomic mass is 31.2. The van der Waals surface area contributed by atoms with Gasteiger partial charge >= 0.3 is 0 Å². The topological polar surface area (TPSA) is 49.9 Å². The van der Waals surface area contributed by atoms with Gasteiger partial charge in [0.25, 0.3) is 0 Å². The second-order valence-electron chi connectivity index (χ2n) is 12.9. The van der Waals surface area contributed by atoms with Gasteiger partial charge in [-0.05, 0) is 84.1 Å². The van der Waals surface area contributed by atoms with Crippen LogP contribution >= 0.6 is 14.3 Å². The monoisotopic (exact) mass is 647 g/mol. The Hall–Kier alpha value is -4.42. The van der Waals surface area contributed by atoms with Crippen molar-refractivity contribution in [2.45, 2.75) is 38.5 Å². The lowest BCUT2D eigenvalue weighted by Crippen LogP contribution is -2.08. The molecule has 2 aliphatic carbocycles. The number of nitrogens with one attached hydrogen (secondary N) is 1. The summed E-state index contributed by atoms with van der Waals surface area (Å²) >= 11 is 0. The van der Waals surface area contributed by atoms with E-state index in [9.17, 15) is 0 Å². The van der Waals surface area contributed by atoms with Crippen molar-refractivity contribution in [3.05, 3.63) is 178 Å². The molecule has 0 saturated heterocycles. The Morgan fingerprint density at radius 3 is 1.06 bits per heavy atom. The Kier molecular flexibility index (Phi) is 6.79. The lowest BCUT2D eigenvalue weighted by molar-refractivity contribution is 0.592. The summed E-state index contributed by atoms with van der Waals surface area (Å²) in [4.78, 5) is 3.80. The smallest absolute Gasteiger partial charge is 0.174 e. The molecule has 2 fully saturated rings. The van der Waals surface area contributed by atoms with Gasteiger partial charge in [0.2, 0.25) is 0 Å². The third kappa shape index (κ3) is 4.20. The average Bonchev–Trinajstić information content (AvgIpc) is 3.95. The molecule has 1 N–H and O–H groups in total. The maximum atomic E-state index is 16.0. The van der Waals surface area contributed by atoms with Gasteiger partial charge in [-0.2, -0.15) is 0 Å². The summed E-state index contributed by atoms with van der Waals surface area (Å²) in [6.07, 6.45) is 5.79. The Morgan fingerprint density at radius 2 is 0.702 bits per heavy atom. The molecule has 1 aromatic heterocycles. The first-order valence-corrected chi connectivity index (χ1v) is 20.1. The fourth-order valence-corrected chi connectivity index (χ4v) is 15.7. The first-order chi connectivity index (χ1) is 23.1. The van der Waals surface area contributed by atoms with E-state index in [1.54, 1.807) is 0 Å². The molecule has 2 saturated carbocycles. The maximum absolute atomic E-state index is 16.0. The number of aromatic amines is 1. The van der Waals surface area contributed by atoms with Crippen LogP contribution in [0, 0.1) is 0 Å². The Balaban J connectivity index is 1.25. The molecule has 47 heavy (non-hydrogen) atoms. The fraction of sp³-hybridized carbons (Fsp3) is 0.143. The van der Waals surface area contributed by atoms with Crippen molar-refractivity contribution < 1.29 is 9.13 Å². The first kappa shape index (κ1) is 28.8. The summed E-state index contributed by atoms with van der Waals surface area (Å²) in [5.41, 5.74) is 8.79. The van der Waals surface area contributed by atoms with Gasteiger partial charge in [0.1, 0.15) is 0 Å². The molecule has 0 spiro atoms. The van der Waals surface area contributed by atoms with E-state index in [1.807, 2.05) is 97.1 Å². The number of H-pyrrole nitrogens is 1. The molecular weight excluding hydrogens is 612 g/mol. The molecule has 2 unspecified atom stereocenters. The lowest BCUT2D eigenvalue weighted by Gasteiger charge is -2.23. The van der Waals surface area contributed by atoms with E-state index in [0.717, 1.165) is 92.9 Å². The SMILES string of the molecule is O=P1(c2ccccc2)C(c2ccccc2)=C2CCCC2=C1c1ccc(C2=C3CCCC3=C(c3ccccc3)P2(=O)c2ccccc2)[nH]1. The van der Waals surface area contributed by atoms with Crippen LogP contribution in [0.4, 0.5) is 0 Å². The second kappa shape index (κ2) is 11.1. The number of allylic oxidation sites excluding steroid dienone is 4. The van der Waals surface area contributed by atoms with Crippen LogP contribution in [0.3, 0.4) is 0 Å². The molecule has 3 heterocycles. The largest absolute Gasteiger partial charge is 0.354 e. The number of aromatic nitrogens is 1. The van der Waals surface area contributed by atoms with Crippen molar-refractivity contribution in [1.82, 2.24) is 4.98 Å². The number of fused-ring (bicyclic) bond motifs is 2. The zero-order chi connectivity index (χ0) is 31.6. The lowest BCUT2D eigenvalue weighted by atomic mass is 10.0. The van der Waals surface area contributed by atoms with Crippen molar-refractivity contribution in [2.75, 3.05) is 0 Å². The van der Waals surface area contributed by atoms with Gasteiger partial charge in [0.05, 0.1) is 11.4 Å². The van der Waals surface area contributed by atoms with Gasteiger partial charge in [-0.15, -0.1) is 0 Å². The Labute approximate surface area is 276 Å². The van der Waals surface area contributed by atoms with Gasteiger partial charge < -0.3 is 14.1 Å². The zero-order valence-corrected chi connectivity index (χ0v) is 27.9. The molecule has 5 aromatic rings. The first-order valence-electron chi connectivity index (χ1n) is 16.7. The van der Waals surface area contributed by atoms with Crippen molar-refractivity contribution in [1.29, 1.82) is 0 Å². The molecular formula is C42H35NO2P2. The van der Waals surface area contributed by atoms with Crippen LogP contribution in [-0.2, 0) is 9.13 Å².